The molecule has 0 spiro atoms. The number of hydrogen-bond acceptors (Lipinski definition) is 1. The van der Waals surface area contributed by atoms with Gasteiger partial charge in [-0.25, -0.2) is 0 Å². The molecule has 1 saturated carbocycles. The fraction of sp³-hybridized carbons (Fsp3) is 0.444. The van der Waals surface area contributed by atoms with Crippen LogP contribution in [0.25, 0.3) is 0 Å². The summed E-state index contributed by atoms with van der Waals surface area (Å²) in [4.78, 5) is 4.41. The van der Waals surface area contributed by atoms with Gasteiger partial charge in [-0.1, -0.05) is 6.42 Å². The molecule has 1 aromatic heterocycles. The number of halogens is 2. The summed E-state index contributed by atoms with van der Waals surface area (Å²) in [6.45, 7) is 0. The maximum atomic E-state index is 4.41. The molecule has 1 fully saturated rings. The average Bonchev–Trinajstić information content (AvgIpc) is 1.91. The lowest BCUT2D eigenvalue weighted by molar-refractivity contribution is 0.409. The van der Waals surface area contributed by atoms with Crippen molar-refractivity contribution in [1.29, 1.82) is 0 Å². The van der Waals surface area contributed by atoms with Crippen molar-refractivity contribution >= 4 is 31.9 Å². The van der Waals surface area contributed by atoms with Gasteiger partial charge >= 0.3 is 0 Å². The monoisotopic (exact) mass is 289 g/mol. The van der Waals surface area contributed by atoms with Crippen molar-refractivity contribution in [2.75, 3.05) is 0 Å². The molecule has 1 aliphatic carbocycles. The lowest BCUT2D eigenvalue weighted by atomic mass is 9.83. The van der Waals surface area contributed by atoms with Gasteiger partial charge in [0.15, 0.2) is 0 Å². The van der Waals surface area contributed by atoms with E-state index in [-0.39, 0.29) is 0 Å². The molecule has 12 heavy (non-hydrogen) atoms. The summed E-state index contributed by atoms with van der Waals surface area (Å²) in [5.41, 5.74) is 1.23. The molecular weight excluding hydrogens is 282 g/mol. The Bertz CT molecular complexity index is 295. The summed E-state index contributed by atoms with van der Waals surface area (Å²) in [5.74, 6) is 0.701. The summed E-state index contributed by atoms with van der Waals surface area (Å²) in [5, 5.41) is 0. The molecule has 3 heteroatoms. The molecule has 0 aromatic carbocycles. The molecule has 1 nitrogen and oxygen atoms in total. The molecule has 0 saturated heterocycles. The predicted octanol–water partition coefficient (Wildman–Crippen LogP) is 3.87. The maximum Gasteiger partial charge on any atom is 0.0577 e. The topological polar surface area (TPSA) is 12.9 Å². The fourth-order valence-corrected chi connectivity index (χ4v) is 2.72. The Labute approximate surface area is 88.8 Å². The largest absolute Gasteiger partial charge is 0.259 e. The summed E-state index contributed by atoms with van der Waals surface area (Å²) >= 11 is 6.92. The Morgan fingerprint density at radius 3 is 2.58 bits per heavy atom. The number of pyridine rings is 1. The number of rotatable bonds is 1. The lowest BCUT2D eigenvalue weighted by Gasteiger charge is -2.25. The van der Waals surface area contributed by atoms with Crippen molar-refractivity contribution in [2.24, 2.45) is 0 Å². The first-order valence-corrected chi connectivity index (χ1v) is 5.67. The third-order valence-electron chi connectivity index (χ3n) is 2.33. The molecule has 0 bridgehead atoms. The van der Waals surface area contributed by atoms with E-state index in [9.17, 15) is 0 Å². The molecule has 0 unspecified atom stereocenters. The van der Waals surface area contributed by atoms with E-state index < -0.39 is 0 Å². The van der Waals surface area contributed by atoms with Gasteiger partial charge in [-0.05, 0) is 50.8 Å². The zero-order valence-corrected chi connectivity index (χ0v) is 9.73. The van der Waals surface area contributed by atoms with Gasteiger partial charge in [-0.3, -0.25) is 4.98 Å². The predicted molar refractivity (Wildman–Crippen MR) is 56.2 cm³/mol. The molecular formula is C9H9Br2N. The second kappa shape index (κ2) is 3.46. The van der Waals surface area contributed by atoms with Gasteiger partial charge in [0.2, 0.25) is 0 Å². The van der Waals surface area contributed by atoms with Crippen LogP contribution in [-0.4, -0.2) is 4.98 Å². The van der Waals surface area contributed by atoms with Crippen LogP contribution in [0, 0.1) is 0 Å². The van der Waals surface area contributed by atoms with Crippen molar-refractivity contribution in [2.45, 2.75) is 25.2 Å². The molecule has 1 aromatic rings. The first-order chi connectivity index (χ1) is 5.77. The van der Waals surface area contributed by atoms with Gasteiger partial charge < -0.3 is 0 Å². The zero-order valence-electron chi connectivity index (χ0n) is 6.56. The van der Waals surface area contributed by atoms with Gasteiger partial charge in [0.05, 0.1) is 5.69 Å². The van der Waals surface area contributed by atoms with E-state index in [2.05, 4.69) is 42.9 Å². The highest BCUT2D eigenvalue weighted by molar-refractivity contribution is 9.11. The van der Waals surface area contributed by atoms with Crippen LogP contribution in [0.2, 0.25) is 0 Å². The number of hydrogen-bond donors (Lipinski definition) is 0. The molecule has 64 valence electrons. The number of nitrogens with zero attached hydrogens (tertiary/aromatic N) is 1. The highest BCUT2D eigenvalue weighted by atomic mass is 79.9. The third-order valence-corrected chi connectivity index (χ3v) is 3.40. The van der Waals surface area contributed by atoms with Crippen LogP contribution < -0.4 is 0 Å². The fourth-order valence-electron chi connectivity index (χ4n) is 1.41. The van der Waals surface area contributed by atoms with Gasteiger partial charge in [0.25, 0.3) is 0 Å². The van der Waals surface area contributed by atoms with Gasteiger partial charge in [-0.15, -0.1) is 0 Å². The Kier molecular flexibility index (Phi) is 2.51. The van der Waals surface area contributed by atoms with E-state index in [1.54, 1.807) is 0 Å². The molecule has 0 radical (unpaired) electrons. The molecule has 1 aliphatic rings. The molecule has 0 aliphatic heterocycles. The minimum atomic E-state index is 0.701. The van der Waals surface area contributed by atoms with Crippen molar-refractivity contribution in [1.82, 2.24) is 4.98 Å². The lowest BCUT2D eigenvalue weighted by Crippen LogP contribution is -2.10. The normalized spacial score (nSPS) is 17.5. The molecule has 0 N–H and O–H groups in total. The Hall–Kier alpha value is 0.110. The van der Waals surface area contributed by atoms with E-state index in [0.29, 0.717) is 5.92 Å². The quantitative estimate of drug-likeness (QED) is 0.765. The standard InChI is InChI=1S/C9H9Br2N/c10-7-4-8(11)9(12-5-7)6-2-1-3-6/h4-6H,1-3H2. The highest BCUT2D eigenvalue weighted by Gasteiger charge is 2.22. The van der Waals surface area contributed by atoms with E-state index >= 15 is 0 Å². The molecule has 0 atom stereocenters. The summed E-state index contributed by atoms with van der Waals surface area (Å²) < 4.78 is 2.18. The van der Waals surface area contributed by atoms with Crippen LogP contribution in [0.1, 0.15) is 30.9 Å². The van der Waals surface area contributed by atoms with Crippen molar-refractivity contribution in [3.05, 3.63) is 26.9 Å². The molecule has 0 amide bonds. The van der Waals surface area contributed by atoms with Gasteiger partial charge in [0.1, 0.15) is 0 Å². The minimum absolute atomic E-state index is 0.701. The average molecular weight is 291 g/mol. The second-order valence-electron chi connectivity index (χ2n) is 3.15. The minimum Gasteiger partial charge on any atom is -0.259 e. The Balaban J connectivity index is 2.31. The SMILES string of the molecule is Brc1cnc(C2CCC2)c(Br)c1. The Morgan fingerprint density at radius 2 is 2.08 bits per heavy atom. The Morgan fingerprint density at radius 1 is 1.33 bits per heavy atom. The van der Waals surface area contributed by atoms with Crippen molar-refractivity contribution < 1.29 is 0 Å². The van der Waals surface area contributed by atoms with E-state index in [0.717, 1.165) is 8.95 Å². The van der Waals surface area contributed by atoms with Crippen molar-refractivity contribution in [3.63, 3.8) is 0 Å². The zero-order chi connectivity index (χ0) is 8.55. The van der Waals surface area contributed by atoms with Crippen LogP contribution in [0.5, 0.6) is 0 Å². The van der Waals surface area contributed by atoms with Crippen LogP contribution in [-0.2, 0) is 0 Å². The van der Waals surface area contributed by atoms with Crippen molar-refractivity contribution in [3.8, 4) is 0 Å². The van der Waals surface area contributed by atoms with E-state index in [1.165, 1.54) is 25.0 Å². The first-order valence-electron chi connectivity index (χ1n) is 4.08. The van der Waals surface area contributed by atoms with E-state index in [4.69, 9.17) is 0 Å². The smallest absolute Gasteiger partial charge is 0.0577 e. The summed E-state index contributed by atoms with van der Waals surface area (Å²) in [6.07, 6.45) is 5.83. The number of aromatic nitrogens is 1. The highest BCUT2D eigenvalue weighted by Crippen LogP contribution is 2.38. The summed E-state index contributed by atoms with van der Waals surface area (Å²) in [7, 11) is 0. The van der Waals surface area contributed by atoms with Crippen LogP contribution in [0.3, 0.4) is 0 Å². The molecule has 2 rings (SSSR count). The molecule has 1 heterocycles. The van der Waals surface area contributed by atoms with Crippen LogP contribution in [0.4, 0.5) is 0 Å². The van der Waals surface area contributed by atoms with Gasteiger partial charge in [0, 0.05) is 21.1 Å². The maximum absolute atomic E-state index is 4.41. The van der Waals surface area contributed by atoms with Gasteiger partial charge in [-0.2, -0.15) is 0 Å². The second-order valence-corrected chi connectivity index (χ2v) is 4.92. The van der Waals surface area contributed by atoms with E-state index in [1.807, 2.05) is 6.20 Å². The first kappa shape index (κ1) is 8.70. The summed E-state index contributed by atoms with van der Waals surface area (Å²) in [6, 6.07) is 2.07. The van der Waals surface area contributed by atoms with Crippen LogP contribution in [0.15, 0.2) is 21.2 Å². The van der Waals surface area contributed by atoms with Crippen LogP contribution >= 0.6 is 31.9 Å². The third kappa shape index (κ3) is 1.57.